The van der Waals surface area contributed by atoms with Gasteiger partial charge in [-0.25, -0.2) is 0 Å². The Morgan fingerprint density at radius 3 is 1.88 bits per heavy atom. The number of hydrogen-bond donors (Lipinski definition) is 3. The maximum atomic E-state index is 6.27. The molecule has 0 amide bonds. The minimum absolute atomic E-state index is 0.261. The average Bonchev–Trinajstić information content (AvgIpc) is 2.90. The van der Waals surface area contributed by atoms with E-state index in [2.05, 4.69) is 25.8 Å². The van der Waals surface area contributed by atoms with Crippen molar-refractivity contribution < 1.29 is 14.2 Å². The van der Waals surface area contributed by atoms with E-state index in [1.54, 1.807) is 7.11 Å². The van der Waals surface area contributed by atoms with Gasteiger partial charge in [-0.15, -0.1) is 0 Å². The first-order valence-electron chi connectivity index (χ1n) is 14.0. The van der Waals surface area contributed by atoms with Crippen LogP contribution < -0.4 is 16.0 Å². The molecule has 0 spiro atoms. The second-order valence-corrected chi connectivity index (χ2v) is 11.0. The Morgan fingerprint density at radius 1 is 0.706 bits per heavy atom. The van der Waals surface area contributed by atoms with Crippen molar-refractivity contribution in [3.63, 3.8) is 0 Å². The van der Waals surface area contributed by atoms with Crippen LogP contribution in [0.2, 0.25) is 0 Å². The summed E-state index contributed by atoms with van der Waals surface area (Å²) in [6.45, 7) is 10.7. The molecule has 4 rings (SSSR count). The maximum absolute atomic E-state index is 6.27. The topological polar surface area (TPSA) is 70.3 Å². The van der Waals surface area contributed by atoms with Crippen molar-refractivity contribution in [2.45, 2.75) is 75.9 Å². The van der Waals surface area contributed by atoms with Crippen molar-refractivity contribution in [3.8, 4) is 0 Å². The Kier molecular flexibility index (Phi) is 11.3. The van der Waals surface area contributed by atoms with E-state index >= 15 is 0 Å². The summed E-state index contributed by atoms with van der Waals surface area (Å²) >= 11 is 0. The zero-order chi connectivity index (χ0) is 23.6. The first-order chi connectivity index (χ1) is 16.7. The van der Waals surface area contributed by atoms with Gasteiger partial charge in [-0.3, -0.25) is 25.8 Å². The number of hydrogen-bond acceptors (Lipinski definition) is 8. The Morgan fingerprint density at radius 2 is 1.29 bits per heavy atom. The third-order valence-electron chi connectivity index (χ3n) is 8.80. The Balaban J connectivity index is 1.02. The molecule has 2 aliphatic carbocycles. The molecular formula is C26H51N5O3. The largest absolute Gasteiger partial charge is 0.383 e. The molecule has 4 fully saturated rings. The van der Waals surface area contributed by atoms with Crippen LogP contribution in [0.15, 0.2) is 0 Å². The fourth-order valence-corrected chi connectivity index (χ4v) is 6.37. The summed E-state index contributed by atoms with van der Waals surface area (Å²) in [5.41, 5.74) is 0. The van der Waals surface area contributed by atoms with Gasteiger partial charge in [-0.2, -0.15) is 0 Å². The summed E-state index contributed by atoms with van der Waals surface area (Å²) in [5, 5.41) is 11.3. The minimum Gasteiger partial charge on any atom is -0.383 e. The second-order valence-electron chi connectivity index (χ2n) is 11.0. The molecule has 2 heterocycles. The van der Waals surface area contributed by atoms with Crippen molar-refractivity contribution in [1.29, 1.82) is 0 Å². The molecule has 34 heavy (non-hydrogen) atoms. The van der Waals surface area contributed by atoms with Crippen molar-refractivity contribution in [1.82, 2.24) is 25.8 Å². The summed E-state index contributed by atoms with van der Waals surface area (Å²) < 4.78 is 17.0. The average molecular weight is 482 g/mol. The zero-order valence-corrected chi connectivity index (χ0v) is 21.8. The zero-order valence-electron chi connectivity index (χ0n) is 21.8. The van der Waals surface area contributed by atoms with Gasteiger partial charge in [0.25, 0.3) is 0 Å². The van der Waals surface area contributed by atoms with Crippen molar-refractivity contribution in [2.24, 2.45) is 11.8 Å². The van der Waals surface area contributed by atoms with Gasteiger partial charge in [0, 0.05) is 72.6 Å². The first kappa shape index (κ1) is 26.7. The highest BCUT2D eigenvalue weighted by atomic mass is 16.5. The smallest absolute Gasteiger partial charge is 0.112 e. The summed E-state index contributed by atoms with van der Waals surface area (Å²) in [4.78, 5) is 5.05. The van der Waals surface area contributed by atoms with E-state index in [0.29, 0.717) is 18.2 Å². The molecule has 0 atom stereocenters. The summed E-state index contributed by atoms with van der Waals surface area (Å²) in [5.74, 6) is 1.60. The van der Waals surface area contributed by atoms with Gasteiger partial charge in [0.15, 0.2) is 0 Å². The fraction of sp³-hybridized carbons (Fsp3) is 1.00. The van der Waals surface area contributed by atoms with E-state index in [0.717, 1.165) is 77.4 Å². The number of piperazine rings is 1. The third-order valence-corrected chi connectivity index (χ3v) is 8.80. The van der Waals surface area contributed by atoms with Crippen molar-refractivity contribution >= 4 is 0 Å². The minimum atomic E-state index is 0.261. The Bertz CT molecular complexity index is 539. The summed E-state index contributed by atoms with van der Waals surface area (Å²) in [7, 11) is 3.64. The SMILES string of the molecule is COCCN1CCN(CCOC2CCC(NC3NCC(C4CCC(OC)CC4)CN3)CC2)CC1. The highest BCUT2D eigenvalue weighted by Crippen LogP contribution is 2.31. The quantitative estimate of drug-likeness (QED) is 0.410. The number of rotatable bonds is 11. The predicted octanol–water partition coefficient (Wildman–Crippen LogP) is 1.47. The second kappa shape index (κ2) is 14.4. The van der Waals surface area contributed by atoms with Gasteiger partial charge in [-0.05, 0) is 63.2 Å². The molecule has 4 aliphatic rings. The number of methoxy groups -OCH3 is 2. The predicted molar refractivity (Wildman–Crippen MR) is 136 cm³/mol. The van der Waals surface area contributed by atoms with Gasteiger partial charge < -0.3 is 14.2 Å². The first-order valence-corrected chi connectivity index (χ1v) is 14.0. The van der Waals surface area contributed by atoms with E-state index in [9.17, 15) is 0 Å². The highest BCUT2D eigenvalue weighted by Gasteiger charge is 2.31. The van der Waals surface area contributed by atoms with Gasteiger partial charge in [-0.1, -0.05) is 0 Å². The number of nitrogens with one attached hydrogen (secondary N) is 3. The van der Waals surface area contributed by atoms with Crippen molar-refractivity contribution in [3.05, 3.63) is 0 Å². The molecule has 0 aromatic carbocycles. The van der Waals surface area contributed by atoms with E-state index in [-0.39, 0.29) is 6.29 Å². The fourth-order valence-electron chi connectivity index (χ4n) is 6.37. The molecule has 0 aromatic rings. The van der Waals surface area contributed by atoms with E-state index in [1.807, 2.05) is 7.11 Å². The molecular weight excluding hydrogens is 430 g/mol. The normalized spacial score (nSPS) is 36.5. The number of nitrogens with zero attached hydrogens (tertiary/aromatic N) is 2. The maximum Gasteiger partial charge on any atom is 0.112 e. The van der Waals surface area contributed by atoms with Crippen LogP contribution in [-0.4, -0.2) is 114 Å². The molecule has 2 saturated carbocycles. The van der Waals surface area contributed by atoms with Gasteiger partial charge >= 0.3 is 0 Å². The highest BCUT2D eigenvalue weighted by molar-refractivity contribution is 4.87. The lowest BCUT2D eigenvalue weighted by Gasteiger charge is -2.40. The molecule has 198 valence electrons. The monoisotopic (exact) mass is 481 g/mol. The third kappa shape index (κ3) is 8.37. The Labute approximate surface area is 207 Å². The van der Waals surface area contributed by atoms with E-state index < -0.39 is 0 Å². The molecule has 8 nitrogen and oxygen atoms in total. The summed E-state index contributed by atoms with van der Waals surface area (Å²) in [6, 6.07) is 0.596. The molecule has 0 unspecified atom stereocenters. The van der Waals surface area contributed by atoms with Gasteiger partial charge in [0.2, 0.25) is 0 Å². The molecule has 3 N–H and O–H groups in total. The van der Waals surface area contributed by atoms with Crippen LogP contribution in [0.5, 0.6) is 0 Å². The van der Waals surface area contributed by atoms with E-state index in [1.165, 1.54) is 51.4 Å². The molecule has 8 heteroatoms. The van der Waals surface area contributed by atoms with Gasteiger partial charge in [0.1, 0.15) is 6.29 Å². The molecule has 2 saturated heterocycles. The lowest BCUT2D eigenvalue weighted by Crippen LogP contribution is -2.63. The number of ether oxygens (including phenoxy) is 3. The van der Waals surface area contributed by atoms with Crippen LogP contribution in [0.25, 0.3) is 0 Å². The molecule has 0 bridgehead atoms. The van der Waals surface area contributed by atoms with Crippen LogP contribution in [0.3, 0.4) is 0 Å². The molecule has 0 radical (unpaired) electrons. The Hall–Kier alpha value is -0.320. The lowest BCUT2D eigenvalue weighted by atomic mass is 9.78. The van der Waals surface area contributed by atoms with Crippen LogP contribution in [0.4, 0.5) is 0 Å². The standard InChI is InChI=1S/C26H51N5O3/c1-32-17-15-30-11-13-31(14-12-30)16-18-34-25-9-5-23(6-10-25)29-26-27-19-22(20-28-26)21-3-7-24(33-2)8-4-21/h21-29H,3-20H2,1-2H3. The van der Waals surface area contributed by atoms with E-state index in [4.69, 9.17) is 14.2 Å². The van der Waals surface area contributed by atoms with Crippen LogP contribution >= 0.6 is 0 Å². The van der Waals surface area contributed by atoms with Crippen LogP contribution in [-0.2, 0) is 14.2 Å². The summed E-state index contributed by atoms with van der Waals surface area (Å²) in [6.07, 6.45) is 11.1. The van der Waals surface area contributed by atoms with Crippen molar-refractivity contribution in [2.75, 3.05) is 79.8 Å². The van der Waals surface area contributed by atoms with Gasteiger partial charge in [0.05, 0.1) is 25.4 Å². The van der Waals surface area contributed by atoms with Crippen LogP contribution in [0.1, 0.15) is 51.4 Å². The van der Waals surface area contributed by atoms with Crippen LogP contribution in [0, 0.1) is 11.8 Å². The molecule has 0 aromatic heterocycles. The molecule has 2 aliphatic heterocycles. The lowest BCUT2D eigenvalue weighted by molar-refractivity contribution is 0.00189.